The van der Waals surface area contributed by atoms with Gasteiger partial charge in [0.25, 0.3) is 17.1 Å². The zero-order valence-corrected chi connectivity index (χ0v) is 15.2. The van der Waals surface area contributed by atoms with Crippen LogP contribution in [-0.4, -0.2) is 33.9 Å². The van der Waals surface area contributed by atoms with Crippen LogP contribution in [0, 0.1) is 5.82 Å². The fourth-order valence-corrected chi connectivity index (χ4v) is 4.00. The van der Waals surface area contributed by atoms with Crippen molar-refractivity contribution in [2.45, 2.75) is 12.5 Å². The van der Waals surface area contributed by atoms with E-state index >= 15 is 0 Å². The summed E-state index contributed by atoms with van der Waals surface area (Å²) in [6.45, 7) is 0. The van der Waals surface area contributed by atoms with Crippen LogP contribution in [0.3, 0.4) is 0 Å². The molecule has 2 fully saturated rings. The minimum absolute atomic E-state index is 0.120. The molecule has 28 heavy (non-hydrogen) atoms. The predicted octanol–water partition coefficient (Wildman–Crippen LogP) is 3.19. The van der Waals surface area contributed by atoms with Crippen LogP contribution in [0.1, 0.15) is 12.0 Å². The van der Waals surface area contributed by atoms with Crippen molar-refractivity contribution in [3.8, 4) is 0 Å². The lowest BCUT2D eigenvalue weighted by molar-refractivity contribution is -0.130. The number of imide groups is 2. The number of hydrogen-bond acceptors (Lipinski definition) is 5. The van der Waals surface area contributed by atoms with Gasteiger partial charge in [0.15, 0.2) is 0 Å². The third-order valence-corrected chi connectivity index (χ3v) is 5.32. The Morgan fingerprint density at radius 2 is 1.64 bits per heavy atom. The number of amides is 4. The van der Waals surface area contributed by atoms with Gasteiger partial charge in [-0.25, -0.2) is 9.29 Å². The Bertz CT molecular complexity index is 1020. The van der Waals surface area contributed by atoms with Gasteiger partial charge in [-0.05, 0) is 47.7 Å². The molecule has 6 nitrogen and oxygen atoms in total. The quantitative estimate of drug-likeness (QED) is 0.588. The zero-order chi connectivity index (χ0) is 19.8. The molecule has 2 aromatic carbocycles. The zero-order valence-electron chi connectivity index (χ0n) is 14.4. The van der Waals surface area contributed by atoms with Crippen LogP contribution in [0.25, 0.3) is 6.08 Å². The number of halogens is 1. The summed E-state index contributed by atoms with van der Waals surface area (Å²) in [4.78, 5) is 52.2. The first-order valence-electron chi connectivity index (χ1n) is 8.40. The molecule has 8 heteroatoms. The number of carbonyl (C=O) groups is 4. The van der Waals surface area contributed by atoms with Crippen molar-refractivity contribution in [2.24, 2.45) is 0 Å². The Kier molecular flexibility index (Phi) is 4.56. The van der Waals surface area contributed by atoms with Crippen LogP contribution in [0.5, 0.6) is 0 Å². The average molecular weight is 396 g/mol. The van der Waals surface area contributed by atoms with Crippen LogP contribution >= 0.6 is 11.8 Å². The number of rotatable bonds is 3. The maximum atomic E-state index is 13.0. The number of nitrogens with zero attached hydrogens (tertiary/aromatic N) is 2. The summed E-state index contributed by atoms with van der Waals surface area (Å²) >= 11 is 0.691. The van der Waals surface area contributed by atoms with Gasteiger partial charge in [0.2, 0.25) is 5.91 Å². The van der Waals surface area contributed by atoms with Crippen LogP contribution < -0.4 is 4.90 Å². The van der Waals surface area contributed by atoms with Crippen molar-refractivity contribution in [2.75, 3.05) is 4.90 Å². The molecule has 0 bridgehead atoms. The van der Waals surface area contributed by atoms with Crippen molar-refractivity contribution < 1.29 is 23.6 Å². The molecule has 0 aromatic heterocycles. The van der Waals surface area contributed by atoms with Gasteiger partial charge in [-0.2, -0.15) is 0 Å². The second kappa shape index (κ2) is 7.05. The molecule has 4 rings (SSSR count). The third-order valence-electron chi connectivity index (χ3n) is 4.44. The van der Waals surface area contributed by atoms with E-state index in [0.29, 0.717) is 23.0 Å². The lowest BCUT2D eigenvalue weighted by Crippen LogP contribution is -2.44. The van der Waals surface area contributed by atoms with Crippen molar-refractivity contribution in [1.82, 2.24) is 4.90 Å². The standard InChI is InChI=1S/C20H13FN2O4S/c21-13-8-6-12(7-9-13)10-16-19(26)23(20(27)28-16)15-11-17(24)22(18(15)25)14-4-2-1-3-5-14/h1-10,15H,11H2/b16-10+/t15-/m0/s1. The molecule has 2 aliphatic heterocycles. The molecule has 0 unspecified atom stereocenters. The van der Waals surface area contributed by atoms with E-state index in [2.05, 4.69) is 0 Å². The number of thioether (sulfide) groups is 1. The summed E-state index contributed by atoms with van der Waals surface area (Å²) in [6, 6.07) is 12.6. The maximum Gasteiger partial charge on any atom is 0.294 e. The Labute approximate surface area is 163 Å². The largest absolute Gasteiger partial charge is 0.294 e. The van der Waals surface area contributed by atoms with Crippen molar-refractivity contribution in [3.05, 3.63) is 70.9 Å². The smallest absolute Gasteiger partial charge is 0.274 e. The predicted molar refractivity (Wildman–Crippen MR) is 102 cm³/mol. The summed E-state index contributed by atoms with van der Waals surface area (Å²) in [5.74, 6) is -2.13. The molecule has 4 amide bonds. The minimum Gasteiger partial charge on any atom is -0.274 e. The van der Waals surface area contributed by atoms with Gasteiger partial charge in [0.05, 0.1) is 17.0 Å². The Morgan fingerprint density at radius 3 is 2.32 bits per heavy atom. The first-order chi connectivity index (χ1) is 13.5. The summed E-state index contributed by atoms with van der Waals surface area (Å²) in [7, 11) is 0. The molecule has 0 spiro atoms. The topological polar surface area (TPSA) is 74.8 Å². The second-order valence-corrected chi connectivity index (χ2v) is 7.22. The molecule has 2 aromatic rings. The van der Waals surface area contributed by atoms with Crippen molar-refractivity contribution in [1.29, 1.82) is 0 Å². The molecule has 0 saturated carbocycles. The first kappa shape index (κ1) is 18.1. The molecule has 0 radical (unpaired) electrons. The Hall–Kier alpha value is -3.26. The van der Waals surface area contributed by atoms with E-state index in [9.17, 15) is 23.6 Å². The highest BCUT2D eigenvalue weighted by Crippen LogP contribution is 2.37. The van der Waals surface area contributed by atoms with Gasteiger partial charge < -0.3 is 0 Å². The molecule has 2 heterocycles. The Balaban J connectivity index is 1.60. The number of hydrogen-bond donors (Lipinski definition) is 0. The van der Waals surface area contributed by atoms with E-state index in [1.807, 2.05) is 0 Å². The highest BCUT2D eigenvalue weighted by molar-refractivity contribution is 8.18. The highest BCUT2D eigenvalue weighted by atomic mass is 32.2. The monoisotopic (exact) mass is 396 g/mol. The van der Waals surface area contributed by atoms with Gasteiger partial charge in [-0.15, -0.1) is 0 Å². The van der Waals surface area contributed by atoms with Crippen molar-refractivity contribution in [3.63, 3.8) is 0 Å². The normalized spacial score (nSPS) is 21.3. The number of anilines is 1. The van der Waals surface area contributed by atoms with E-state index in [1.54, 1.807) is 30.3 Å². The summed E-state index contributed by atoms with van der Waals surface area (Å²) in [6.07, 6.45) is 1.20. The molecular formula is C20H13FN2O4S. The SMILES string of the molecule is O=C1C[C@H](N2C(=O)S/C(=C/c3ccc(F)cc3)C2=O)C(=O)N1c1ccccc1. The molecule has 140 valence electrons. The van der Waals surface area contributed by atoms with Crippen LogP contribution in [0.4, 0.5) is 14.9 Å². The Morgan fingerprint density at radius 1 is 0.964 bits per heavy atom. The lowest BCUT2D eigenvalue weighted by Gasteiger charge is -2.19. The van der Waals surface area contributed by atoms with Crippen LogP contribution in [0.2, 0.25) is 0 Å². The van der Waals surface area contributed by atoms with E-state index < -0.39 is 34.8 Å². The van der Waals surface area contributed by atoms with E-state index in [-0.39, 0.29) is 11.3 Å². The number of para-hydroxylation sites is 1. The van der Waals surface area contributed by atoms with E-state index in [1.165, 1.54) is 30.3 Å². The molecule has 2 saturated heterocycles. The van der Waals surface area contributed by atoms with Gasteiger partial charge in [-0.1, -0.05) is 30.3 Å². The maximum absolute atomic E-state index is 13.0. The molecule has 0 N–H and O–H groups in total. The van der Waals surface area contributed by atoms with Crippen molar-refractivity contribution >= 4 is 46.5 Å². The number of carbonyl (C=O) groups excluding carboxylic acids is 4. The van der Waals surface area contributed by atoms with E-state index in [0.717, 1.165) is 9.80 Å². The molecule has 2 aliphatic rings. The average Bonchev–Trinajstić information content (AvgIpc) is 3.12. The van der Waals surface area contributed by atoms with Gasteiger partial charge in [0.1, 0.15) is 11.9 Å². The summed E-state index contributed by atoms with van der Waals surface area (Å²) in [5, 5.41) is -0.612. The fraction of sp³-hybridized carbons (Fsp3) is 0.100. The fourth-order valence-electron chi connectivity index (χ4n) is 3.12. The molecule has 0 aliphatic carbocycles. The lowest BCUT2D eigenvalue weighted by atomic mass is 10.2. The second-order valence-electron chi connectivity index (χ2n) is 6.23. The minimum atomic E-state index is -1.17. The van der Waals surface area contributed by atoms with Gasteiger partial charge in [0, 0.05) is 0 Å². The van der Waals surface area contributed by atoms with E-state index in [4.69, 9.17) is 0 Å². The van der Waals surface area contributed by atoms with Gasteiger partial charge in [-0.3, -0.25) is 24.1 Å². The molecular weight excluding hydrogens is 383 g/mol. The number of benzene rings is 2. The summed E-state index contributed by atoms with van der Waals surface area (Å²) < 4.78 is 13.0. The highest BCUT2D eigenvalue weighted by Gasteiger charge is 2.50. The molecule has 1 atom stereocenters. The van der Waals surface area contributed by atoms with Gasteiger partial charge >= 0.3 is 0 Å². The van der Waals surface area contributed by atoms with Crippen LogP contribution in [-0.2, 0) is 14.4 Å². The summed E-state index contributed by atoms with van der Waals surface area (Å²) in [5.41, 5.74) is 0.945. The first-order valence-corrected chi connectivity index (χ1v) is 9.22. The third kappa shape index (κ3) is 3.11. The van der Waals surface area contributed by atoms with Crippen LogP contribution in [0.15, 0.2) is 59.5 Å².